The smallest absolute Gasteiger partial charge is 0.364 e. The number of nitrogens with zero attached hydrogens (tertiary/aromatic N) is 4. The van der Waals surface area contributed by atoms with Crippen LogP contribution in [0.1, 0.15) is 27.6 Å². The summed E-state index contributed by atoms with van der Waals surface area (Å²) in [6.45, 7) is 1.22. The Morgan fingerprint density at radius 2 is 1.83 bits per heavy atom. The van der Waals surface area contributed by atoms with E-state index in [-0.39, 0.29) is 12.2 Å². The molecule has 0 saturated carbocycles. The Morgan fingerprint density at radius 3 is 2.29 bits per heavy atom. The standard InChI is InChI=1S/C19H22N4O11S/c1-6-33-18(27)13-14(23(28)29)16(22(32-4)19(20-13)35(5,30)31)34-12-8-10(15(24)21(2)3)7-11(9-12)17(25)26/h7-9,19H,6H2,1-5H3,(H,25,26). The number of hydrogen-bond acceptors (Lipinski definition) is 12. The fourth-order valence-corrected chi connectivity index (χ4v) is 3.68. The average molecular weight is 514 g/mol. The summed E-state index contributed by atoms with van der Waals surface area (Å²) < 4.78 is 35.0. The SMILES string of the molecule is CCOC(=O)C1=NC(S(C)(=O)=O)N(OC)C(Oc2cc(C(=O)O)cc(C(=O)N(C)C)c2)=C1[N+](=O)[O-]. The monoisotopic (exact) mass is 514 g/mol. The first-order valence-electron chi connectivity index (χ1n) is 9.66. The van der Waals surface area contributed by atoms with Gasteiger partial charge in [0.2, 0.25) is 5.71 Å². The summed E-state index contributed by atoms with van der Waals surface area (Å²) in [5, 5.41) is 21.8. The van der Waals surface area contributed by atoms with Crippen molar-refractivity contribution < 1.29 is 47.1 Å². The molecule has 190 valence electrons. The Kier molecular flexibility index (Phi) is 8.14. The van der Waals surface area contributed by atoms with Gasteiger partial charge in [-0.25, -0.2) is 23.0 Å². The van der Waals surface area contributed by atoms with Gasteiger partial charge in [-0.1, -0.05) is 0 Å². The zero-order chi connectivity index (χ0) is 26.7. The molecule has 0 aliphatic carbocycles. The van der Waals surface area contributed by atoms with E-state index in [1.165, 1.54) is 21.0 Å². The number of esters is 1. The van der Waals surface area contributed by atoms with Crippen molar-refractivity contribution in [1.29, 1.82) is 0 Å². The number of carbonyl (C=O) groups is 3. The Hall–Kier alpha value is -4.05. The molecular formula is C19H22N4O11S. The van der Waals surface area contributed by atoms with Gasteiger partial charge in [0.15, 0.2) is 9.84 Å². The number of ether oxygens (including phenoxy) is 2. The molecule has 1 heterocycles. The number of amides is 1. The molecule has 1 amide bonds. The molecule has 1 aliphatic rings. The van der Waals surface area contributed by atoms with Crippen molar-refractivity contribution in [1.82, 2.24) is 9.96 Å². The van der Waals surface area contributed by atoms with Crippen molar-refractivity contribution in [3.63, 3.8) is 0 Å². The van der Waals surface area contributed by atoms with E-state index in [0.717, 1.165) is 36.5 Å². The topological polar surface area (TPSA) is 195 Å². The Bertz CT molecular complexity index is 1240. The number of hydrogen-bond donors (Lipinski definition) is 1. The van der Waals surface area contributed by atoms with Crippen LogP contribution in [0.5, 0.6) is 5.75 Å². The van der Waals surface area contributed by atoms with Crippen LogP contribution < -0.4 is 4.74 Å². The Balaban J connectivity index is 2.82. The third kappa shape index (κ3) is 5.90. The van der Waals surface area contributed by atoms with Crippen molar-refractivity contribution in [2.45, 2.75) is 12.4 Å². The number of sulfone groups is 1. The largest absolute Gasteiger partial charge is 0.478 e. The van der Waals surface area contributed by atoms with E-state index in [1.54, 1.807) is 0 Å². The summed E-state index contributed by atoms with van der Waals surface area (Å²) in [7, 11) is -0.387. The van der Waals surface area contributed by atoms with Gasteiger partial charge in [0.05, 0.1) is 24.2 Å². The lowest BCUT2D eigenvalue weighted by Crippen LogP contribution is -2.47. The highest BCUT2D eigenvalue weighted by Crippen LogP contribution is 2.30. The molecule has 1 N–H and O–H groups in total. The second-order valence-electron chi connectivity index (χ2n) is 7.13. The number of carboxylic acids is 1. The summed E-state index contributed by atoms with van der Waals surface area (Å²) in [5.41, 5.74) is -4.61. The van der Waals surface area contributed by atoms with Crippen molar-refractivity contribution in [2.24, 2.45) is 4.99 Å². The third-order valence-corrected chi connectivity index (χ3v) is 5.38. The molecule has 35 heavy (non-hydrogen) atoms. The maximum atomic E-state index is 12.4. The molecule has 0 radical (unpaired) electrons. The molecule has 0 saturated heterocycles. The van der Waals surface area contributed by atoms with Crippen molar-refractivity contribution in [3.05, 3.63) is 51.0 Å². The summed E-state index contributed by atoms with van der Waals surface area (Å²) in [6, 6.07) is 3.08. The summed E-state index contributed by atoms with van der Waals surface area (Å²) in [4.78, 5) is 57.1. The van der Waals surface area contributed by atoms with Gasteiger partial charge in [0, 0.05) is 25.9 Å². The molecule has 1 unspecified atom stereocenters. The number of hydroxylamine groups is 2. The highest BCUT2D eigenvalue weighted by molar-refractivity contribution is 7.91. The van der Waals surface area contributed by atoms with Gasteiger partial charge >= 0.3 is 23.5 Å². The number of aromatic carboxylic acids is 1. The quantitative estimate of drug-likeness (QED) is 0.266. The first-order valence-corrected chi connectivity index (χ1v) is 11.6. The number of aliphatic imine (C=N–C) groups is 1. The predicted molar refractivity (Wildman–Crippen MR) is 118 cm³/mol. The van der Waals surface area contributed by atoms with Crippen LogP contribution in [-0.2, 0) is 24.2 Å². The first-order chi connectivity index (χ1) is 16.2. The van der Waals surface area contributed by atoms with E-state index in [0.29, 0.717) is 5.06 Å². The minimum absolute atomic E-state index is 0.146. The fraction of sp³-hybridized carbons (Fsp3) is 0.368. The summed E-state index contributed by atoms with van der Waals surface area (Å²) in [6.07, 6.45) is 0.740. The first kappa shape index (κ1) is 27.2. The molecule has 0 spiro atoms. The molecule has 0 fully saturated rings. The van der Waals surface area contributed by atoms with E-state index in [1.807, 2.05) is 0 Å². The minimum Gasteiger partial charge on any atom is -0.478 e. The maximum absolute atomic E-state index is 12.4. The van der Waals surface area contributed by atoms with E-state index in [4.69, 9.17) is 14.3 Å². The molecule has 2 rings (SSSR count). The zero-order valence-corrected chi connectivity index (χ0v) is 20.1. The molecule has 0 aromatic heterocycles. The molecular weight excluding hydrogens is 492 g/mol. The number of carboxylic acid groups (broad SMARTS) is 1. The van der Waals surface area contributed by atoms with E-state index in [9.17, 15) is 38.0 Å². The van der Waals surface area contributed by atoms with E-state index in [2.05, 4.69) is 4.99 Å². The van der Waals surface area contributed by atoms with Crippen LogP contribution in [0.25, 0.3) is 0 Å². The number of benzene rings is 1. The van der Waals surface area contributed by atoms with Gasteiger partial charge in [0.1, 0.15) is 5.75 Å². The summed E-state index contributed by atoms with van der Waals surface area (Å²) >= 11 is 0. The van der Waals surface area contributed by atoms with E-state index >= 15 is 0 Å². The van der Waals surface area contributed by atoms with Crippen LogP contribution in [0.4, 0.5) is 0 Å². The molecule has 0 bridgehead atoms. The molecule has 1 aliphatic heterocycles. The molecule has 1 aromatic rings. The van der Waals surface area contributed by atoms with Gasteiger partial charge in [-0.2, -0.15) is 5.06 Å². The second kappa shape index (κ2) is 10.5. The van der Waals surface area contributed by atoms with Crippen LogP contribution in [0.2, 0.25) is 0 Å². The molecule has 1 atom stereocenters. The molecule has 15 nitrogen and oxygen atoms in total. The van der Waals surface area contributed by atoms with Gasteiger partial charge < -0.3 is 19.5 Å². The lowest BCUT2D eigenvalue weighted by molar-refractivity contribution is -0.421. The number of carbonyl (C=O) groups excluding carboxylic acids is 2. The molecule has 1 aromatic carbocycles. The normalized spacial score (nSPS) is 15.9. The van der Waals surface area contributed by atoms with Crippen LogP contribution >= 0.6 is 0 Å². The Morgan fingerprint density at radius 1 is 1.23 bits per heavy atom. The summed E-state index contributed by atoms with van der Waals surface area (Å²) in [5.74, 6) is -4.66. The Labute approximate surface area is 199 Å². The van der Waals surface area contributed by atoms with Crippen LogP contribution in [-0.4, -0.2) is 91.5 Å². The molecule has 16 heteroatoms. The maximum Gasteiger partial charge on any atom is 0.364 e. The average Bonchev–Trinajstić information content (AvgIpc) is 2.76. The second-order valence-corrected chi connectivity index (χ2v) is 9.21. The van der Waals surface area contributed by atoms with Gasteiger partial charge in [-0.15, -0.1) is 0 Å². The highest BCUT2D eigenvalue weighted by atomic mass is 32.2. The van der Waals surface area contributed by atoms with Crippen LogP contribution in [0.3, 0.4) is 0 Å². The van der Waals surface area contributed by atoms with Crippen molar-refractivity contribution >= 4 is 33.4 Å². The number of nitro groups is 1. The van der Waals surface area contributed by atoms with Gasteiger partial charge in [0.25, 0.3) is 11.4 Å². The van der Waals surface area contributed by atoms with Crippen molar-refractivity contribution in [3.8, 4) is 5.75 Å². The lowest BCUT2D eigenvalue weighted by atomic mass is 10.1. The van der Waals surface area contributed by atoms with E-state index < -0.39 is 66.7 Å². The van der Waals surface area contributed by atoms with Gasteiger partial charge in [-0.3, -0.25) is 19.7 Å². The van der Waals surface area contributed by atoms with Gasteiger partial charge in [-0.05, 0) is 25.1 Å². The van der Waals surface area contributed by atoms with Crippen LogP contribution in [0, 0.1) is 10.1 Å². The minimum atomic E-state index is -4.18. The number of rotatable bonds is 9. The zero-order valence-electron chi connectivity index (χ0n) is 19.2. The lowest BCUT2D eigenvalue weighted by Gasteiger charge is -2.31. The highest BCUT2D eigenvalue weighted by Gasteiger charge is 2.47. The predicted octanol–water partition coefficient (Wildman–Crippen LogP) is 0.121. The van der Waals surface area contributed by atoms with Crippen LogP contribution in [0.15, 0.2) is 34.8 Å². The fourth-order valence-electron chi connectivity index (χ4n) is 2.85. The third-order valence-electron chi connectivity index (χ3n) is 4.32. The van der Waals surface area contributed by atoms with Crippen molar-refractivity contribution in [2.75, 3.05) is 34.1 Å².